The lowest BCUT2D eigenvalue weighted by Gasteiger charge is -2.27. The van der Waals surface area contributed by atoms with Crippen molar-refractivity contribution in [3.63, 3.8) is 0 Å². The first-order valence-corrected chi connectivity index (χ1v) is 9.01. The molecule has 3 aromatic heterocycles. The molecular weight excluding hydrogens is 348 g/mol. The molecule has 0 unspecified atom stereocenters. The molecule has 0 spiro atoms. The van der Waals surface area contributed by atoms with Gasteiger partial charge in [0.15, 0.2) is 11.2 Å². The summed E-state index contributed by atoms with van der Waals surface area (Å²) in [6.45, 7) is 8.33. The van der Waals surface area contributed by atoms with Gasteiger partial charge in [0, 0.05) is 19.3 Å². The van der Waals surface area contributed by atoms with Crippen LogP contribution in [0.3, 0.4) is 0 Å². The van der Waals surface area contributed by atoms with Crippen molar-refractivity contribution >= 4 is 17.1 Å². The monoisotopic (exact) mass is 372 g/mol. The van der Waals surface area contributed by atoms with E-state index in [0.717, 1.165) is 17.8 Å². The predicted octanol–water partition coefficient (Wildman–Crippen LogP) is 2.58. The van der Waals surface area contributed by atoms with Gasteiger partial charge in [-0.15, -0.1) is 0 Å². The topological polar surface area (TPSA) is 108 Å². The summed E-state index contributed by atoms with van der Waals surface area (Å²) >= 11 is 0. The summed E-state index contributed by atoms with van der Waals surface area (Å²) in [4.78, 5) is 24.9. The minimum absolute atomic E-state index is 0.175. The highest BCUT2D eigenvalue weighted by molar-refractivity contribution is 5.83. The van der Waals surface area contributed by atoms with Crippen LogP contribution in [0.2, 0.25) is 0 Å². The van der Waals surface area contributed by atoms with E-state index in [1.54, 1.807) is 20.0 Å². The fourth-order valence-electron chi connectivity index (χ4n) is 3.20. The van der Waals surface area contributed by atoms with Gasteiger partial charge in [-0.3, -0.25) is 4.68 Å². The second-order valence-electron chi connectivity index (χ2n) is 6.41. The molecule has 0 bridgehead atoms. The van der Waals surface area contributed by atoms with Crippen LogP contribution in [0.25, 0.3) is 22.6 Å². The third-order valence-electron chi connectivity index (χ3n) is 5.09. The van der Waals surface area contributed by atoms with E-state index in [4.69, 9.17) is 4.74 Å². The Morgan fingerprint density at radius 2 is 1.96 bits per heavy atom. The maximum atomic E-state index is 11.8. The zero-order chi connectivity index (χ0) is 19.8. The summed E-state index contributed by atoms with van der Waals surface area (Å²) in [6, 6.07) is 0. The van der Waals surface area contributed by atoms with Crippen molar-refractivity contribution in [3.05, 3.63) is 18.2 Å². The number of rotatable bonds is 7. The molecule has 3 heterocycles. The van der Waals surface area contributed by atoms with Gasteiger partial charge < -0.3 is 14.4 Å². The minimum Gasteiger partial charge on any atom is -0.478 e. The Morgan fingerprint density at radius 3 is 2.52 bits per heavy atom. The molecule has 9 heteroatoms. The van der Waals surface area contributed by atoms with Crippen molar-refractivity contribution in [2.45, 2.75) is 52.7 Å². The molecule has 0 saturated heterocycles. The summed E-state index contributed by atoms with van der Waals surface area (Å²) < 4.78 is 9.62. The van der Waals surface area contributed by atoms with Gasteiger partial charge >= 0.3 is 5.97 Å². The Morgan fingerprint density at radius 1 is 1.26 bits per heavy atom. The molecule has 3 rings (SSSR count). The molecule has 3 aromatic rings. The average molecular weight is 372 g/mol. The van der Waals surface area contributed by atoms with E-state index < -0.39 is 11.6 Å². The number of aromatic nitrogens is 6. The standard InChI is InChI=1S/C18H24N6O3/c1-6-18(7-2,17(25)26)27-16-13-15(19-10-20-16)23(5)14(22-13)12-9-21-24(8-3)11(12)4/h9-10H,6-8H2,1-5H3,(H,25,26). The molecule has 144 valence electrons. The largest absolute Gasteiger partial charge is 0.478 e. The number of imidazole rings is 1. The van der Waals surface area contributed by atoms with Crippen LogP contribution >= 0.6 is 0 Å². The highest BCUT2D eigenvalue weighted by Crippen LogP contribution is 2.31. The second kappa shape index (κ2) is 6.98. The number of carbonyl (C=O) groups is 1. The summed E-state index contributed by atoms with van der Waals surface area (Å²) in [6.07, 6.45) is 3.76. The Bertz CT molecular complexity index is 987. The Kier molecular flexibility index (Phi) is 4.86. The molecule has 0 fully saturated rings. The van der Waals surface area contributed by atoms with Crippen LogP contribution in [0, 0.1) is 6.92 Å². The van der Waals surface area contributed by atoms with Crippen LogP contribution < -0.4 is 4.74 Å². The zero-order valence-electron chi connectivity index (χ0n) is 16.2. The number of fused-ring (bicyclic) bond motifs is 1. The van der Waals surface area contributed by atoms with Crippen molar-refractivity contribution in [3.8, 4) is 17.3 Å². The molecule has 1 N–H and O–H groups in total. The quantitative estimate of drug-likeness (QED) is 0.679. The number of aryl methyl sites for hydroxylation is 2. The Balaban J connectivity index is 2.15. The van der Waals surface area contributed by atoms with Crippen LogP contribution in [-0.4, -0.2) is 46.0 Å². The molecule has 27 heavy (non-hydrogen) atoms. The lowest BCUT2D eigenvalue weighted by molar-refractivity contribution is -0.156. The molecule has 0 aliphatic rings. The number of hydrogen-bond acceptors (Lipinski definition) is 6. The smallest absolute Gasteiger partial charge is 0.348 e. The third kappa shape index (κ3) is 2.92. The van der Waals surface area contributed by atoms with Crippen molar-refractivity contribution in [1.82, 2.24) is 29.3 Å². The molecule has 9 nitrogen and oxygen atoms in total. The SMILES string of the molecule is CCn1ncc(-c2nc3c(OC(CC)(CC)C(=O)O)ncnc3n2C)c1C. The maximum absolute atomic E-state index is 11.8. The molecule has 0 aliphatic carbocycles. The second-order valence-corrected chi connectivity index (χ2v) is 6.41. The first-order chi connectivity index (χ1) is 12.9. The van der Waals surface area contributed by atoms with Crippen LogP contribution in [0.15, 0.2) is 12.5 Å². The number of carboxylic acid groups (broad SMARTS) is 1. The van der Waals surface area contributed by atoms with E-state index in [1.807, 2.05) is 30.1 Å². The van der Waals surface area contributed by atoms with E-state index in [-0.39, 0.29) is 5.88 Å². The van der Waals surface area contributed by atoms with Gasteiger partial charge in [-0.1, -0.05) is 13.8 Å². The average Bonchev–Trinajstić information content (AvgIpc) is 3.19. The van der Waals surface area contributed by atoms with Crippen LogP contribution in [0.4, 0.5) is 0 Å². The number of ether oxygens (including phenoxy) is 1. The van der Waals surface area contributed by atoms with E-state index >= 15 is 0 Å². The minimum atomic E-state index is -1.35. The van der Waals surface area contributed by atoms with Crippen molar-refractivity contribution in [2.75, 3.05) is 0 Å². The van der Waals surface area contributed by atoms with Gasteiger partial charge in [-0.2, -0.15) is 10.1 Å². The molecule has 0 amide bonds. The molecule has 0 saturated carbocycles. The predicted molar refractivity (Wildman–Crippen MR) is 99.5 cm³/mol. The lowest BCUT2D eigenvalue weighted by Crippen LogP contribution is -2.43. The molecule has 0 radical (unpaired) electrons. The number of hydrogen-bond donors (Lipinski definition) is 1. The van der Waals surface area contributed by atoms with Crippen molar-refractivity contribution in [2.24, 2.45) is 7.05 Å². The van der Waals surface area contributed by atoms with Gasteiger partial charge in [-0.25, -0.2) is 14.8 Å². The van der Waals surface area contributed by atoms with Gasteiger partial charge in [0.05, 0.1) is 11.8 Å². The maximum Gasteiger partial charge on any atom is 0.348 e. The summed E-state index contributed by atoms with van der Waals surface area (Å²) in [5, 5.41) is 14.0. The highest BCUT2D eigenvalue weighted by atomic mass is 16.5. The van der Waals surface area contributed by atoms with Crippen LogP contribution in [0.1, 0.15) is 39.3 Å². The third-order valence-corrected chi connectivity index (χ3v) is 5.09. The van der Waals surface area contributed by atoms with E-state index in [2.05, 4.69) is 20.1 Å². The summed E-state index contributed by atoms with van der Waals surface area (Å²) in [5.41, 5.74) is 1.55. The highest BCUT2D eigenvalue weighted by Gasteiger charge is 2.38. The van der Waals surface area contributed by atoms with E-state index in [0.29, 0.717) is 29.8 Å². The summed E-state index contributed by atoms with van der Waals surface area (Å²) in [5.74, 6) is -0.162. The normalized spacial score (nSPS) is 11.9. The Hall–Kier alpha value is -2.97. The Labute approximate surface area is 157 Å². The molecule has 0 atom stereocenters. The van der Waals surface area contributed by atoms with Gasteiger partial charge in [0.25, 0.3) is 0 Å². The first-order valence-electron chi connectivity index (χ1n) is 9.01. The number of carboxylic acids is 1. The zero-order valence-corrected chi connectivity index (χ0v) is 16.2. The van der Waals surface area contributed by atoms with E-state index in [9.17, 15) is 9.90 Å². The van der Waals surface area contributed by atoms with E-state index in [1.165, 1.54) is 6.33 Å². The van der Waals surface area contributed by atoms with Crippen LogP contribution in [-0.2, 0) is 18.4 Å². The number of aliphatic carboxylic acids is 1. The van der Waals surface area contributed by atoms with Crippen LogP contribution in [0.5, 0.6) is 5.88 Å². The molecular formula is C18H24N6O3. The molecule has 0 aromatic carbocycles. The van der Waals surface area contributed by atoms with Crippen molar-refractivity contribution < 1.29 is 14.6 Å². The lowest BCUT2D eigenvalue weighted by atomic mass is 9.97. The number of nitrogens with zero attached hydrogens (tertiary/aromatic N) is 6. The first kappa shape index (κ1) is 18.8. The molecule has 0 aliphatic heterocycles. The van der Waals surface area contributed by atoms with Gasteiger partial charge in [0.1, 0.15) is 12.2 Å². The van der Waals surface area contributed by atoms with Crippen molar-refractivity contribution in [1.29, 1.82) is 0 Å². The fraction of sp³-hybridized carbons (Fsp3) is 0.500. The van der Waals surface area contributed by atoms with Gasteiger partial charge in [-0.05, 0) is 26.7 Å². The summed E-state index contributed by atoms with van der Waals surface area (Å²) in [7, 11) is 1.86. The fourth-order valence-corrected chi connectivity index (χ4v) is 3.20. The van der Waals surface area contributed by atoms with Gasteiger partial charge in [0.2, 0.25) is 11.5 Å².